The molecule has 0 spiro atoms. The molecule has 4 saturated heterocycles. The van der Waals surface area contributed by atoms with Gasteiger partial charge < -0.3 is 39.4 Å². The van der Waals surface area contributed by atoms with E-state index in [1.807, 2.05) is 48.5 Å². The van der Waals surface area contributed by atoms with Gasteiger partial charge in [-0.3, -0.25) is 28.5 Å². The summed E-state index contributed by atoms with van der Waals surface area (Å²) in [7, 11) is 1.72. The summed E-state index contributed by atoms with van der Waals surface area (Å²) in [6, 6.07) is 28.3. The van der Waals surface area contributed by atoms with Crippen LogP contribution in [-0.4, -0.2) is 142 Å². The zero-order chi connectivity index (χ0) is 48.2. The van der Waals surface area contributed by atoms with Crippen LogP contribution < -0.4 is 29.6 Å². The third-order valence-electron chi connectivity index (χ3n) is 12.5. The zero-order valence-electron chi connectivity index (χ0n) is 38.3. The minimum absolute atomic E-state index is 0.259. The smallest absolute Gasteiger partial charge is 0.394 e. The van der Waals surface area contributed by atoms with E-state index in [1.54, 1.807) is 77.0 Å². The van der Waals surface area contributed by atoms with Gasteiger partial charge in [0.15, 0.2) is 11.1 Å². The van der Waals surface area contributed by atoms with Crippen molar-refractivity contribution in [1.29, 1.82) is 0 Å². The molecule has 4 heterocycles. The van der Waals surface area contributed by atoms with Gasteiger partial charge in [-0.05, 0) is 123 Å². The molecule has 0 radical (unpaired) electrons. The van der Waals surface area contributed by atoms with E-state index in [4.69, 9.17) is 36.5 Å². The molecule has 4 fully saturated rings. The van der Waals surface area contributed by atoms with E-state index in [2.05, 4.69) is 20.4 Å². The number of methoxy groups -OCH3 is 4. The summed E-state index contributed by atoms with van der Waals surface area (Å²) in [5.41, 5.74) is 0.207. The van der Waals surface area contributed by atoms with E-state index < -0.39 is 21.5 Å². The van der Waals surface area contributed by atoms with Crippen molar-refractivity contribution in [3.05, 3.63) is 119 Å². The van der Waals surface area contributed by atoms with Gasteiger partial charge >= 0.3 is 22.5 Å². The number of hydrogen-bond acceptors (Lipinski definition) is 12. The summed E-state index contributed by atoms with van der Waals surface area (Å²) in [6.45, 7) is 6.22. The Morgan fingerprint density at radius 1 is 0.448 bits per heavy atom. The third kappa shape index (κ3) is 11.8. The van der Waals surface area contributed by atoms with E-state index in [0.717, 1.165) is 26.2 Å². The van der Waals surface area contributed by atoms with Crippen molar-refractivity contribution >= 4 is 34.3 Å². The lowest BCUT2D eigenvalue weighted by Gasteiger charge is -2.29. The number of urea groups is 2. The van der Waals surface area contributed by atoms with Crippen LogP contribution in [0.4, 0.5) is 9.59 Å². The van der Waals surface area contributed by atoms with Crippen molar-refractivity contribution in [2.45, 2.75) is 49.6 Å². The second-order valence-electron chi connectivity index (χ2n) is 16.4. The Labute approximate surface area is 391 Å². The molecule has 4 N–H and O–H groups in total. The normalized spacial score (nSPS) is 18.2. The van der Waals surface area contributed by atoms with Crippen LogP contribution in [0.1, 0.15) is 60.8 Å². The number of nitrogens with one attached hydrogen (secondary N) is 2. The first kappa shape index (κ1) is 50.2. The van der Waals surface area contributed by atoms with E-state index in [1.165, 1.54) is 48.3 Å². The van der Waals surface area contributed by atoms with Crippen LogP contribution in [0.2, 0.25) is 0 Å². The summed E-state index contributed by atoms with van der Waals surface area (Å²) in [6.07, 6.45) is 7.17. The standard InChI is InChI=1S/2C24H29N3O4.H2O4S/c2*1-30-20-10-6-18(7-11-20)24(19-8-12-21(31-2)13-9-19)22(28)27(23(29)25-24)17-16-26-14-4-3-5-15-26;1-5(2,3)4/h2*6-13H,3-5,14-17H2,1-2H3,(H,25,29);(H2,1,2,3,4). The minimum atomic E-state index is -4.67. The largest absolute Gasteiger partial charge is 0.497 e. The number of ether oxygens (including phenoxy) is 4. The van der Waals surface area contributed by atoms with Crippen molar-refractivity contribution in [2.24, 2.45) is 0 Å². The molecule has 4 aromatic carbocycles. The fourth-order valence-electron chi connectivity index (χ4n) is 8.89. The molecule has 4 aliphatic heterocycles. The number of carbonyl (C=O) groups is 4. The monoisotopic (exact) mass is 944 g/mol. The highest BCUT2D eigenvalue weighted by molar-refractivity contribution is 7.79. The van der Waals surface area contributed by atoms with Crippen LogP contribution in [0.5, 0.6) is 23.0 Å². The summed E-state index contributed by atoms with van der Waals surface area (Å²) in [4.78, 5) is 60.9. The molecule has 19 heteroatoms. The lowest BCUT2D eigenvalue weighted by atomic mass is 9.82. The number of nitrogens with zero attached hydrogens (tertiary/aromatic N) is 4. The molecular weight excluding hydrogens is 885 g/mol. The molecule has 0 unspecified atom stereocenters. The highest BCUT2D eigenvalue weighted by atomic mass is 32.3. The van der Waals surface area contributed by atoms with Gasteiger partial charge in [0.2, 0.25) is 0 Å². The Balaban J connectivity index is 0.000000201. The Morgan fingerprint density at radius 2 is 0.687 bits per heavy atom. The number of rotatable bonds is 14. The molecule has 0 atom stereocenters. The summed E-state index contributed by atoms with van der Waals surface area (Å²) in [5.74, 6) is 2.23. The lowest BCUT2D eigenvalue weighted by molar-refractivity contribution is -0.131. The summed E-state index contributed by atoms with van der Waals surface area (Å²) >= 11 is 0. The highest BCUT2D eigenvalue weighted by Gasteiger charge is 2.55. The van der Waals surface area contributed by atoms with Gasteiger partial charge in [-0.2, -0.15) is 8.42 Å². The molecule has 4 aliphatic rings. The van der Waals surface area contributed by atoms with Gasteiger partial charge in [0.1, 0.15) is 23.0 Å². The predicted molar refractivity (Wildman–Crippen MR) is 249 cm³/mol. The Hall–Kier alpha value is -6.25. The molecule has 67 heavy (non-hydrogen) atoms. The maximum absolute atomic E-state index is 13.8. The molecule has 6 amide bonds. The average Bonchev–Trinajstić information content (AvgIpc) is 3.76. The molecule has 18 nitrogen and oxygen atoms in total. The quantitative estimate of drug-likeness (QED) is 0.0931. The fraction of sp³-hybridized carbons (Fsp3) is 0.417. The maximum atomic E-state index is 13.8. The molecule has 4 aromatic rings. The van der Waals surface area contributed by atoms with Gasteiger partial charge in [-0.25, -0.2) is 9.59 Å². The predicted octanol–water partition coefficient (Wildman–Crippen LogP) is 5.32. The van der Waals surface area contributed by atoms with E-state index >= 15 is 0 Å². The van der Waals surface area contributed by atoms with Crippen LogP contribution in [0, 0.1) is 0 Å². The number of imide groups is 2. The number of benzene rings is 4. The zero-order valence-corrected chi connectivity index (χ0v) is 39.1. The number of hydrogen-bond donors (Lipinski definition) is 4. The molecule has 0 bridgehead atoms. The van der Waals surface area contributed by atoms with Gasteiger partial charge in [-0.15, -0.1) is 0 Å². The summed E-state index contributed by atoms with van der Waals surface area (Å²) < 4.78 is 52.7. The number of likely N-dealkylation sites (tertiary alicyclic amines) is 2. The van der Waals surface area contributed by atoms with Crippen molar-refractivity contribution < 1.29 is 55.6 Å². The van der Waals surface area contributed by atoms with Gasteiger partial charge in [0.25, 0.3) is 11.8 Å². The van der Waals surface area contributed by atoms with E-state index in [9.17, 15) is 19.2 Å². The molecule has 0 aromatic heterocycles. The molecule has 0 saturated carbocycles. The van der Waals surface area contributed by atoms with Gasteiger partial charge in [0, 0.05) is 26.2 Å². The SMILES string of the molecule is COc1ccc(C2(c3ccc(OC)cc3)NC(=O)N(CCN3CCCCC3)C2=O)cc1.COc1ccc(C2(c3ccc(OC)cc3)NC(=O)N(CCN3CCCCC3)C2=O)cc1.O=S(=O)(O)O. The van der Waals surface area contributed by atoms with Crippen molar-refractivity contribution in [2.75, 3.05) is 80.8 Å². The second kappa shape index (κ2) is 22.5. The number of carbonyl (C=O) groups excluding carboxylic acids is 4. The fourth-order valence-corrected chi connectivity index (χ4v) is 8.89. The van der Waals surface area contributed by atoms with E-state index in [0.29, 0.717) is 71.4 Å². The van der Waals surface area contributed by atoms with E-state index in [-0.39, 0.29) is 23.9 Å². The number of amides is 6. The Kier molecular flexibility index (Phi) is 16.8. The van der Waals surface area contributed by atoms with Crippen LogP contribution in [0.15, 0.2) is 97.1 Å². The van der Waals surface area contributed by atoms with Crippen LogP contribution >= 0.6 is 0 Å². The molecule has 8 rings (SSSR count). The minimum Gasteiger partial charge on any atom is -0.497 e. The maximum Gasteiger partial charge on any atom is 0.394 e. The summed E-state index contributed by atoms with van der Waals surface area (Å²) in [5, 5.41) is 6.00. The first-order valence-corrected chi connectivity index (χ1v) is 23.6. The second-order valence-corrected chi connectivity index (χ2v) is 17.3. The van der Waals surface area contributed by atoms with Crippen LogP contribution in [-0.2, 0) is 31.1 Å². The first-order valence-electron chi connectivity index (χ1n) is 22.2. The highest BCUT2D eigenvalue weighted by Crippen LogP contribution is 2.39. The Morgan fingerprint density at radius 3 is 0.910 bits per heavy atom. The van der Waals surface area contributed by atoms with Crippen molar-refractivity contribution in [1.82, 2.24) is 30.2 Å². The third-order valence-corrected chi connectivity index (χ3v) is 12.5. The number of piperidine rings is 2. The van der Waals surface area contributed by atoms with Crippen molar-refractivity contribution in [3.63, 3.8) is 0 Å². The lowest BCUT2D eigenvalue weighted by Crippen LogP contribution is -2.45. The van der Waals surface area contributed by atoms with Gasteiger partial charge in [0.05, 0.1) is 28.4 Å². The van der Waals surface area contributed by atoms with Crippen LogP contribution in [0.3, 0.4) is 0 Å². The Bertz CT molecular complexity index is 2150. The molecule has 360 valence electrons. The first-order chi connectivity index (χ1) is 32.2. The average molecular weight is 945 g/mol. The molecule has 0 aliphatic carbocycles. The topological polar surface area (TPSA) is 217 Å². The molecular formula is C48H60N6O12S. The van der Waals surface area contributed by atoms with Crippen LogP contribution in [0.25, 0.3) is 0 Å². The van der Waals surface area contributed by atoms with Crippen molar-refractivity contribution in [3.8, 4) is 23.0 Å². The van der Waals surface area contributed by atoms with Gasteiger partial charge in [-0.1, -0.05) is 61.4 Å².